The zero-order chi connectivity index (χ0) is 18.4. The van der Waals surface area contributed by atoms with Gasteiger partial charge in [0.1, 0.15) is 12.4 Å². The van der Waals surface area contributed by atoms with E-state index in [-0.39, 0.29) is 12.1 Å². The molecule has 0 N–H and O–H groups in total. The van der Waals surface area contributed by atoms with Gasteiger partial charge in [0, 0.05) is 24.7 Å². The number of morpholine rings is 1. The van der Waals surface area contributed by atoms with Crippen LogP contribution >= 0.6 is 11.6 Å². The molecule has 6 heteroatoms. The number of halogens is 1. The number of esters is 1. The average molecular weight is 376 g/mol. The lowest BCUT2D eigenvalue weighted by molar-refractivity contribution is -0.0329. The number of carbonyl (C=O) groups is 1. The Kier molecular flexibility index (Phi) is 6.50. The van der Waals surface area contributed by atoms with Crippen LogP contribution in [0.15, 0.2) is 48.5 Å². The first-order chi connectivity index (χ1) is 12.7. The van der Waals surface area contributed by atoms with Crippen molar-refractivity contribution in [2.45, 2.75) is 6.10 Å². The number of hydrogen-bond acceptors (Lipinski definition) is 5. The molecule has 2 aromatic rings. The maximum Gasteiger partial charge on any atom is 0.337 e. The highest BCUT2D eigenvalue weighted by molar-refractivity contribution is 6.30. The third kappa shape index (κ3) is 4.97. The molecule has 0 bridgehead atoms. The zero-order valence-corrected chi connectivity index (χ0v) is 15.4. The van der Waals surface area contributed by atoms with E-state index in [0.29, 0.717) is 18.8 Å². The highest BCUT2D eigenvalue weighted by Crippen LogP contribution is 2.23. The van der Waals surface area contributed by atoms with Crippen LogP contribution in [0.2, 0.25) is 5.02 Å². The molecule has 1 saturated heterocycles. The molecule has 1 atom stereocenters. The van der Waals surface area contributed by atoms with Crippen molar-refractivity contribution in [3.63, 3.8) is 0 Å². The Morgan fingerprint density at radius 1 is 1.19 bits per heavy atom. The van der Waals surface area contributed by atoms with Gasteiger partial charge in [-0.1, -0.05) is 23.7 Å². The topological polar surface area (TPSA) is 48.0 Å². The number of hydrogen-bond donors (Lipinski definition) is 0. The highest BCUT2D eigenvalue weighted by Gasteiger charge is 2.21. The minimum Gasteiger partial charge on any atom is -0.492 e. The molecule has 1 fully saturated rings. The minimum atomic E-state index is -0.349. The third-order valence-electron chi connectivity index (χ3n) is 4.34. The number of methoxy groups -OCH3 is 1. The van der Waals surface area contributed by atoms with Gasteiger partial charge in [0.2, 0.25) is 0 Å². The van der Waals surface area contributed by atoms with Gasteiger partial charge in [-0.15, -0.1) is 0 Å². The predicted molar refractivity (Wildman–Crippen MR) is 99.9 cm³/mol. The summed E-state index contributed by atoms with van der Waals surface area (Å²) in [6.07, 6.45) is 0.0559. The Morgan fingerprint density at radius 3 is 2.62 bits per heavy atom. The first-order valence-corrected chi connectivity index (χ1v) is 8.94. The van der Waals surface area contributed by atoms with E-state index in [1.165, 1.54) is 7.11 Å². The van der Waals surface area contributed by atoms with Gasteiger partial charge in [-0.25, -0.2) is 4.79 Å². The van der Waals surface area contributed by atoms with E-state index < -0.39 is 0 Å². The molecule has 1 unspecified atom stereocenters. The molecule has 0 aromatic heterocycles. The number of rotatable bonds is 6. The van der Waals surface area contributed by atoms with Crippen LogP contribution in [0.25, 0.3) is 0 Å². The maximum atomic E-state index is 11.4. The van der Waals surface area contributed by atoms with Gasteiger partial charge in [-0.3, -0.25) is 4.90 Å². The van der Waals surface area contributed by atoms with Crippen molar-refractivity contribution in [3.05, 3.63) is 64.7 Å². The monoisotopic (exact) mass is 375 g/mol. The van der Waals surface area contributed by atoms with Crippen molar-refractivity contribution in [2.75, 3.05) is 40.0 Å². The maximum absolute atomic E-state index is 11.4. The van der Waals surface area contributed by atoms with Crippen LogP contribution in [0.3, 0.4) is 0 Å². The van der Waals surface area contributed by atoms with E-state index in [1.54, 1.807) is 24.3 Å². The van der Waals surface area contributed by atoms with E-state index >= 15 is 0 Å². The van der Waals surface area contributed by atoms with Gasteiger partial charge in [-0.2, -0.15) is 0 Å². The van der Waals surface area contributed by atoms with Gasteiger partial charge in [0.15, 0.2) is 0 Å². The van der Waals surface area contributed by atoms with Crippen LogP contribution in [0.5, 0.6) is 5.75 Å². The lowest BCUT2D eigenvalue weighted by Gasteiger charge is -2.33. The highest BCUT2D eigenvalue weighted by atomic mass is 35.5. The van der Waals surface area contributed by atoms with Crippen molar-refractivity contribution >= 4 is 17.6 Å². The summed E-state index contributed by atoms with van der Waals surface area (Å²) in [6, 6.07) is 14.8. The molecule has 1 aliphatic rings. The molecule has 0 amide bonds. The summed E-state index contributed by atoms with van der Waals surface area (Å²) in [6.45, 7) is 3.79. The summed E-state index contributed by atoms with van der Waals surface area (Å²) in [5.74, 6) is 0.387. The zero-order valence-electron chi connectivity index (χ0n) is 14.7. The molecule has 1 aliphatic heterocycles. The van der Waals surface area contributed by atoms with E-state index in [1.807, 2.05) is 24.3 Å². The third-order valence-corrected chi connectivity index (χ3v) is 4.60. The Balaban J connectivity index is 1.47. The van der Waals surface area contributed by atoms with Crippen molar-refractivity contribution in [3.8, 4) is 5.75 Å². The van der Waals surface area contributed by atoms with Crippen molar-refractivity contribution in [1.29, 1.82) is 0 Å². The van der Waals surface area contributed by atoms with Gasteiger partial charge in [0.25, 0.3) is 0 Å². The van der Waals surface area contributed by atoms with Crippen LogP contribution < -0.4 is 4.74 Å². The van der Waals surface area contributed by atoms with E-state index in [2.05, 4.69) is 9.64 Å². The van der Waals surface area contributed by atoms with Gasteiger partial charge < -0.3 is 14.2 Å². The summed E-state index contributed by atoms with van der Waals surface area (Å²) in [4.78, 5) is 13.7. The smallest absolute Gasteiger partial charge is 0.337 e. The quantitative estimate of drug-likeness (QED) is 0.722. The lowest BCUT2D eigenvalue weighted by atomic mass is 10.1. The lowest BCUT2D eigenvalue weighted by Crippen LogP contribution is -2.40. The molecule has 3 rings (SSSR count). The van der Waals surface area contributed by atoms with Gasteiger partial charge >= 0.3 is 5.97 Å². The van der Waals surface area contributed by atoms with Crippen LogP contribution in [-0.2, 0) is 9.47 Å². The molecule has 0 saturated carbocycles. The van der Waals surface area contributed by atoms with E-state index in [9.17, 15) is 4.79 Å². The van der Waals surface area contributed by atoms with Gasteiger partial charge in [-0.05, 0) is 42.0 Å². The molecule has 0 radical (unpaired) electrons. The molecule has 1 heterocycles. The number of carbonyl (C=O) groups excluding carboxylic acids is 1. The van der Waals surface area contributed by atoms with Crippen molar-refractivity contribution in [1.82, 2.24) is 4.90 Å². The number of benzene rings is 2. The van der Waals surface area contributed by atoms with Crippen LogP contribution in [0.1, 0.15) is 22.0 Å². The fourth-order valence-corrected chi connectivity index (χ4v) is 3.01. The second kappa shape index (κ2) is 9.03. The second-order valence-electron chi connectivity index (χ2n) is 6.08. The molecule has 2 aromatic carbocycles. The summed E-state index contributed by atoms with van der Waals surface area (Å²) in [5.41, 5.74) is 1.65. The summed E-state index contributed by atoms with van der Waals surface area (Å²) in [5, 5.41) is 0.730. The number of ether oxygens (including phenoxy) is 3. The summed E-state index contributed by atoms with van der Waals surface area (Å²) >= 11 is 5.95. The van der Waals surface area contributed by atoms with Gasteiger partial charge in [0.05, 0.1) is 25.4 Å². The SMILES string of the molecule is COC(=O)c1ccc(OCCN2CCOC(c3ccc(Cl)cc3)C2)cc1. The Bertz CT molecular complexity index is 718. The Hall–Kier alpha value is -2.08. The average Bonchev–Trinajstić information content (AvgIpc) is 2.69. The molecular weight excluding hydrogens is 354 g/mol. The number of nitrogens with zero attached hydrogens (tertiary/aromatic N) is 1. The molecule has 0 spiro atoms. The molecule has 138 valence electrons. The van der Waals surface area contributed by atoms with E-state index in [0.717, 1.165) is 36.0 Å². The predicted octanol–water partition coefficient (Wildman–Crippen LogP) is 3.58. The minimum absolute atomic E-state index is 0.0559. The largest absolute Gasteiger partial charge is 0.492 e. The first kappa shape index (κ1) is 18.7. The van der Waals surface area contributed by atoms with Crippen LogP contribution in [0.4, 0.5) is 0 Å². The normalized spacial score (nSPS) is 17.7. The summed E-state index contributed by atoms with van der Waals surface area (Å²) in [7, 11) is 1.37. The van der Waals surface area contributed by atoms with Crippen LogP contribution in [0, 0.1) is 0 Å². The van der Waals surface area contributed by atoms with E-state index in [4.69, 9.17) is 21.1 Å². The molecular formula is C20H22ClNO4. The molecule has 26 heavy (non-hydrogen) atoms. The van der Waals surface area contributed by atoms with Crippen molar-refractivity contribution in [2.24, 2.45) is 0 Å². The molecule has 5 nitrogen and oxygen atoms in total. The fourth-order valence-electron chi connectivity index (χ4n) is 2.88. The standard InChI is InChI=1S/C20H22ClNO4/c1-24-20(23)16-4-8-18(9-5-16)25-12-10-22-11-13-26-19(14-22)15-2-6-17(21)7-3-15/h2-9,19H,10-14H2,1H3. The first-order valence-electron chi connectivity index (χ1n) is 8.56. The summed E-state index contributed by atoms with van der Waals surface area (Å²) < 4.78 is 16.3. The molecule has 0 aliphatic carbocycles. The second-order valence-corrected chi connectivity index (χ2v) is 6.51. The Labute approximate surface area is 158 Å². The Morgan fingerprint density at radius 2 is 1.92 bits per heavy atom. The van der Waals surface area contributed by atoms with Crippen LogP contribution in [-0.4, -0.2) is 50.8 Å². The fraction of sp³-hybridized carbons (Fsp3) is 0.350. The van der Waals surface area contributed by atoms with Crippen molar-refractivity contribution < 1.29 is 19.0 Å².